The summed E-state index contributed by atoms with van der Waals surface area (Å²) in [5.41, 5.74) is 4.65. The standard InChI is InChI=1S/C22H17N2.Pt/c1-4-10-18(11-5-1)22(19-12-6-2-7-13-19)20-16-23-24(17-20)21-14-8-3-9-15-21;/h1-14,16-17,22H;/q-1;. The van der Waals surface area contributed by atoms with Gasteiger partial charge in [-0.2, -0.15) is 29.4 Å². The number of hydrogen-bond donors (Lipinski definition) is 0. The molecule has 0 aliphatic rings. The second kappa shape index (κ2) is 8.09. The van der Waals surface area contributed by atoms with Gasteiger partial charge in [0.1, 0.15) is 0 Å². The van der Waals surface area contributed by atoms with Crippen LogP contribution in [0.25, 0.3) is 5.69 Å². The van der Waals surface area contributed by atoms with Crippen LogP contribution in [0.1, 0.15) is 22.6 Å². The van der Waals surface area contributed by atoms with Crippen LogP contribution in [0.4, 0.5) is 0 Å². The molecule has 0 aliphatic heterocycles. The fourth-order valence-corrected chi connectivity index (χ4v) is 3.01. The van der Waals surface area contributed by atoms with E-state index in [0.717, 1.165) is 5.69 Å². The molecule has 126 valence electrons. The zero-order valence-corrected chi connectivity index (χ0v) is 15.8. The van der Waals surface area contributed by atoms with Crippen LogP contribution in [0.2, 0.25) is 0 Å². The quantitative estimate of drug-likeness (QED) is 0.364. The topological polar surface area (TPSA) is 17.8 Å². The maximum absolute atomic E-state index is 4.54. The molecular weight excluding hydrogens is 487 g/mol. The molecule has 0 N–H and O–H groups in total. The van der Waals surface area contributed by atoms with Crippen LogP contribution in [0.3, 0.4) is 0 Å². The molecule has 0 amide bonds. The monoisotopic (exact) mass is 504 g/mol. The molecule has 0 fully saturated rings. The van der Waals surface area contributed by atoms with E-state index >= 15 is 0 Å². The van der Waals surface area contributed by atoms with Gasteiger partial charge in [-0.25, -0.2) is 0 Å². The predicted molar refractivity (Wildman–Crippen MR) is 96.2 cm³/mol. The van der Waals surface area contributed by atoms with Crippen molar-refractivity contribution in [2.45, 2.75) is 5.92 Å². The summed E-state index contributed by atoms with van der Waals surface area (Å²) in [6, 6.07) is 32.2. The van der Waals surface area contributed by atoms with Gasteiger partial charge in [0.05, 0.1) is 6.20 Å². The molecule has 0 spiro atoms. The molecule has 1 heterocycles. The fraction of sp³-hybridized carbons (Fsp3) is 0.0455. The Morgan fingerprint density at radius 1 is 0.720 bits per heavy atom. The number of benzene rings is 3. The Kier molecular flexibility index (Phi) is 5.63. The molecule has 1 aromatic heterocycles. The van der Waals surface area contributed by atoms with Gasteiger partial charge < -0.3 is 0 Å². The van der Waals surface area contributed by atoms with E-state index in [-0.39, 0.29) is 27.0 Å². The maximum atomic E-state index is 4.54. The summed E-state index contributed by atoms with van der Waals surface area (Å²) in [5.74, 6) is 0.171. The first-order chi connectivity index (χ1) is 11.9. The third-order valence-electron chi connectivity index (χ3n) is 4.14. The van der Waals surface area contributed by atoms with Gasteiger partial charge in [0.2, 0.25) is 0 Å². The van der Waals surface area contributed by atoms with Crippen molar-refractivity contribution in [3.63, 3.8) is 0 Å². The Morgan fingerprint density at radius 2 is 1.32 bits per heavy atom. The molecule has 4 aromatic rings. The summed E-state index contributed by atoms with van der Waals surface area (Å²) in [6.07, 6.45) is 4.04. The van der Waals surface area contributed by atoms with E-state index in [4.69, 9.17) is 0 Å². The smallest absolute Gasteiger partial charge is 0.0534 e. The number of nitrogens with zero attached hydrogens (tertiary/aromatic N) is 2. The van der Waals surface area contributed by atoms with Gasteiger partial charge in [0, 0.05) is 38.7 Å². The zero-order chi connectivity index (χ0) is 16.2. The van der Waals surface area contributed by atoms with Crippen LogP contribution in [0, 0.1) is 6.07 Å². The summed E-state index contributed by atoms with van der Waals surface area (Å²) < 4.78 is 1.88. The molecule has 3 heteroatoms. The number of para-hydroxylation sites is 1. The first kappa shape index (κ1) is 17.4. The van der Waals surface area contributed by atoms with Gasteiger partial charge in [0.25, 0.3) is 0 Å². The van der Waals surface area contributed by atoms with E-state index in [1.807, 2.05) is 47.3 Å². The van der Waals surface area contributed by atoms with E-state index < -0.39 is 0 Å². The summed E-state index contributed by atoms with van der Waals surface area (Å²) in [6.45, 7) is 0. The van der Waals surface area contributed by atoms with E-state index in [2.05, 4.69) is 65.9 Å². The first-order valence-corrected chi connectivity index (χ1v) is 8.03. The van der Waals surface area contributed by atoms with Crippen LogP contribution < -0.4 is 0 Å². The minimum absolute atomic E-state index is 0. The molecule has 0 unspecified atom stereocenters. The number of aromatic nitrogens is 2. The third kappa shape index (κ3) is 3.80. The van der Waals surface area contributed by atoms with E-state index in [9.17, 15) is 0 Å². The predicted octanol–water partition coefficient (Wildman–Crippen LogP) is 4.85. The fourth-order valence-electron chi connectivity index (χ4n) is 3.01. The Labute approximate surface area is 162 Å². The summed E-state index contributed by atoms with van der Waals surface area (Å²) in [4.78, 5) is 0. The van der Waals surface area contributed by atoms with Crippen LogP contribution in [0.15, 0.2) is 97.3 Å². The van der Waals surface area contributed by atoms with Crippen molar-refractivity contribution in [3.05, 3.63) is 120 Å². The van der Waals surface area contributed by atoms with Gasteiger partial charge in [-0.1, -0.05) is 60.7 Å². The minimum Gasteiger partial charge on any atom is -0.265 e. The SMILES string of the molecule is [Pt].[c-]1ccccc1-n1cc(C(c2ccccc2)c2ccccc2)cn1. The molecule has 0 radical (unpaired) electrons. The molecule has 0 saturated carbocycles. The van der Waals surface area contributed by atoms with Crippen LogP contribution in [0.5, 0.6) is 0 Å². The van der Waals surface area contributed by atoms with Gasteiger partial charge in [-0.15, -0.1) is 6.07 Å². The van der Waals surface area contributed by atoms with Gasteiger partial charge in [-0.3, -0.25) is 4.68 Å². The Hall–Kier alpha value is -2.44. The van der Waals surface area contributed by atoms with Crippen molar-refractivity contribution in [1.29, 1.82) is 0 Å². The molecule has 0 aliphatic carbocycles. The largest absolute Gasteiger partial charge is 0.265 e. The first-order valence-electron chi connectivity index (χ1n) is 8.03. The Bertz CT molecular complexity index is 863. The van der Waals surface area contributed by atoms with Crippen LogP contribution >= 0.6 is 0 Å². The molecule has 0 atom stereocenters. The molecule has 0 saturated heterocycles. The molecule has 25 heavy (non-hydrogen) atoms. The van der Waals surface area contributed by atoms with Gasteiger partial charge >= 0.3 is 0 Å². The average molecular weight is 504 g/mol. The zero-order valence-electron chi connectivity index (χ0n) is 13.5. The van der Waals surface area contributed by atoms with Gasteiger partial charge in [-0.05, 0) is 16.8 Å². The van der Waals surface area contributed by atoms with Crippen molar-refractivity contribution < 1.29 is 21.1 Å². The Morgan fingerprint density at radius 3 is 1.88 bits per heavy atom. The summed E-state index contributed by atoms with van der Waals surface area (Å²) in [5, 5.41) is 4.54. The number of hydrogen-bond acceptors (Lipinski definition) is 1. The van der Waals surface area contributed by atoms with Crippen molar-refractivity contribution in [2.24, 2.45) is 0 Å². The maximum Gasteiger partial charge on any atom is 0.0534 e. The third-order valence-corrected chi connectivity index (χ3v) is 4.14. The molecule has 3 aromatic carbocycles. The van der Waals surface area contributed by atoms with E-state index in [1.54, 1.807) is 0 Å². The van der Waals surface area contributed by atoms with Crippen molar-refractivity contribution in [3.8, 4) is 5.69 Å². The van der Waals surface area contributed by atoms with E-state index in [1.165, 1.54) is 16.7 Å². The molecule has 0 bridgehead atoms. The average Bonchev–Trinajstić information content (AvgIpc) is 3.14. The summed E-state index contributed by atoms with van der Waals surface area (Å²) >= 11 is 0. The minimum atomic E-state index is 0. The second-order valence-electron chi connectivity index (χ2n) is 5.72. The summed E-state index contributed by atoms with van der Waals surface area (Å²) in [7, 11) is 0. The normalized spacial score (nSPS) is 10.4. The molecule has 4 rings (SSSR count). The van der Waals surface area contributed by atoms with Crippen molar-refractivity contribution in [1.82, 2.24) is 9.78 Å². The second-order valence-corrected chi connectivity index (χ2v) is 5.72. The van der Waals surface area contributed by atoms with Crippen molar-refractivity contribution in [2.75, 3.05) is 0 Å². The van der Waals surface area contributed by atoms with E-state index in [0.29, 0.717) is 0 Å². The molecule has 2 nitrogen and oxygen atoms in total. The van der Waals surface area contributed by atoms with Gasteiger partial charge in [0.15, 0.2) is 0 Å². The number of rotatable bonds is 4. The van der Waals surface area contributed by atoms with Crippen LogP contribution in [-0.4, -0.2) is 9.78 Å². The van der Waals surface area contributed by atoms with Crippen LogP contribution in [-0.2, 0) is 21.1 Å². The van der Waals surface area contributed by atoms with Crippen molar-refractivity contribution >= 4 is 0 Å². The molecular formula is C22H17N2Pt-. The Balaban J connectivity index is 0.00000182.